The molecule has 2 heterocycles. The van der Waals surface area contributed by atoms with Gasteiger partial charge in [-0.1, -0.05) is 32.6 Å². The van der Waals surface area contributed by atoms with E-state index in [2.05, 4.69) is 22.1 Å². The summed E-state index contributed by atoms with van der Waals surface area (Å²) in [5.74, 6) is -2.12. The number of carbonyl (C=O) groups excluding carboxylic acids is 4. The van der Waals surface area contributed by atoms with Crippen molar-refractivity contribution in [1.82, 2.24) is 25.3 Å². The molecule has 0 radical (unpaired) electrons. The number of benzene rings is 1. The second-order valence-electron chi connectivity index (χ2n) is 9.27. The van der Waals surface area contributed by atoms with Crippen LogP contribution in [0.15, 0.2) is 60.5 Å². The molecule has 2 aromatic rings. The first-order chi connectivity index (χ1) is 18.2. The molecule has 1 aliphatic heterocycles. The highest BCUT2D eigenvalue weighted by molar-refractivity contribution is 6.21. The fraction of sp³-hybridized carbons (Fsp3) is 0.393. The molecular weight excluding hydrogens is 486 g/mol. The van der Waals surface area contributed by atoms with Gasteiger partial charge in [0.2, 0.25) is 11.8 Å². The summed E-state index contributed by atoms with van der Waals surface area (Å²) in [6.45, 7) is 9.29. The normalized spacial score (nSPS) is 15.8. The highest BCUT2D eigenvalue weighted by Gasteiger charge is 2.40. The predicted octanol–water partition coefficient (Wildman–Crippen LogP) is 2.92. The number of fused-ring (bicyclic) bond motifs is 1. The van der Waals surface area contributed by atoms with Gasteiger partial charge in [0.15, 0.2) is 0 Å². The fourth-order valence-electron chi connectivity index (χ4n) is 4.74. The Morgan fingerprint density at radius 3 is 2.34 bits per heavy atom. The Morgan fingerprint density at radius 2 is 1.84 bits per heavy atom. The Kier molecular flexibility index (Phi) is 9.22. The number of imide groups is 1. The monoisotopic (exact) mass is 521 g/mol. The smallest absolute Gasteiger partial charge is 0.261 e. The molecule has 0 spiro atoms. The average Bonchev–Trinajstić information content (AvgIpc) is 3.53. The molecule has 3 unspecified atom stereocenters. The van der Waals surface area contributed by atoms with E-state index in [0.717, 1.165) is 10.6 Å². The third-order valence-electron chi connectivity index (χ3n) is 7.08. The SMILES string of the molecule is C=C/C(OCc1ccn[nH]1)=C(\C)C(CN1C(=O)c2ccccc2C1=O)N(C)C(=O)C(C)C(CC)C(=O)NC. The number of aromatic amines is 1. The van der Waals surface area contributed by atoms with Crippen LogP contribution < -0.4 is 5.32 Å². The van der Waals surface area contributed by atoms with Gasteiger partial charge < -0.3 is 15.0 Å². The molecule has 202 valence electrons. The minimum absolute atomic E-state index is 0.0886. The van der Waals surface area contributed by atoms with Gasteiger partial charge in [-0.05, 0) is 43.2 Å². The number of hydrogen-bond donors (Lipinski definition) is 2. The molecule has 0 fully saturated rings. The standard InChI is InChI=1S/C28H35N5O5/c1-7-20(25(34)29-5)17(3)26(35)32(6)23(18(4)24(8-2)38-16-19-13-14-30-31-19)15-33-27(36)21-11-9-10-12-22(21)28(33)37/h8-14,17,20,23H,2,7,15-16H2,1,3-6H3,(H,29,34)(H,30,31)/b24-18-. The molecule has 10 heteroatoms. The number of amides is 4. The fourth-order valence-corrected chi connectivity index (χ4v) is 4.74. The van der Waals surface area contributed by atoms with E-state index in [1.165, 1.54) is 18.0 Å². The first kappa shape index (κ1) is 28.4. The van der Waals surface area contributed by atoms with Crippen molar-refractivity contribution < 1.29 is 23.9 Å². The number of ether oxygens (including phenoxy) is 1. The van der Waals surface area contributed by atoms with Gasteiger partial charge in [-0.25, -0.2) is 0 Å². The lowest BCUT2D eigenvalue weighted by molar-refractivity contribution is -0.141. The molecule has 2 N–H and O–H groups in total. The summed E-state index contributed by atoms with van der Waals surface area (Å²) in [6.07, 6.45) is 3.62. The van der Waals surface area contributed by atoms with E-state index >= 15 is 0 Å². The topological polar surface area (TPSA) is 125 Å². The van der Waals surface area contributed by atoms with Crippen LogP contribution in [0.25, 0.3) is 0 Å². The van der Waals surface area contributed by atoms with Gasteiger partial charge >= 0.3 is 0 Å². The quantitative estimate of drug-likeness (QED) is 0.251. The van der Waals surface area contributed by atoms with Gasteiger partial charge in [-0.2, -0.15) is 5.10 Å². The summed E-state index contributed by atoms with van der Waals surface area (Å²) in [4.78, 5) is 55.1. The molecule has 4 amide bonds. The highest BCUT2D eigenvalue weighted by atomic mass is 16.5. The number of likely N-dealkylation sites (N-methyl/N-ethyl adjacent to an activating group) is 1. The highest BCUT2D eigenvalue weighted by Crippen LogP contribution is 2.27. The minimum Gasteiger partial charge on any atom is -0.487 e. The van der Waals surface area contributed by atoms with E-state index in [9.17, 15) is 19.2 Å². The molecular formula is C28H35N5O5. The number of rotatable bonds is 12. The molecule has 0 aliphatic carbocycles. The van der Waals surface area contributed by atoms with Crippen molar-refractivity contribution in [3.05, 3.63) is 77.3 Å². The van der Waals surface area contributed by atoms with Crippen molar-refractivity contribution in [2.24, 2.45) is 11.8 Å². The number of allylic oxidation sites excluding steroid dienone is 1. The largest absolute Gasteiger partial charge is 0.487 e. The second-order valence-corrected chi connectivity index (χ2v) is 9.27. The zero-order valence-corrected chi connectivity index (χ0v) is 22.5. The molecule has 0 bridgehead atoms. The van der Waals surface area contributed by atoms with Gasteiger partial charge in [0, 0.05) is 32.1 Å². The average molecular weight is 522 g/mol. The molecule has 38 heavy (non-hydrogen) atoms. The molecule has 3 atom stereocenters. The van der Waals surface area contributed by atoms with Crippen LogP contribution in [0.2, 0.25) is 0 Å². The van der Waals surface area contributed by atoms with Crippen molar-refractivity contribution in [3.63, 3.8) is 0 Å². The minimum atomic E-state index is -0.732. The Morgan fingerprint density at radius 1 is 1.21 bits per heavy atom. The first-order valence-corrected chi connectivity index (χ1v) is 12.5. The van der Waals surface area contributed by atoms with Gasteiger partial charge in [-0.3, -0.25) is 29.2 Å². The van der Waals surface area contributed by atoms with Crippen molar-refractivity contribution >= 4 is 23.6 Å². The van der Waals surface area contributed by atoms with Crippen LogP contribution in [0.1, 0.15) is 53.6 Å². The third kappa shape index (κ3) is 5.69. The number of hydrogen-bond acceptors (Lipinski definition) is 6. The second kappa shape index (κ2) is 12.4. The number of H-pyrrole nitrogens is 1. The molecule has 10 nitrogen and oxygen atoms in total. The maximum atomic E-state index is 13.7. The van der Waals surface area contributed by atoms with Crippen molar-refractivity contribution in [2.75, 3.05) is 20.6 Å². The van der Waals surface area contributed by atoms with Gasteiger partial charge in [-0.15, -0.1) is 0 Å². The maximum Gasteiger partial charge on any atom is 0.261 e. The number of nitrogens with zero attached hydrogens (tertiary/aromatic N) is 3. The summed E-state index contributed by atoms with van der Waals surface area (Å²) < 4.78 is 5.97. The van der Waals surface area contributed by atoms with Crippen LogP contribution in [0.5, 0.6) is 0 Å². The molecule has 1 aliphatic rings. The van der Waals surface area contributed by atoms with Gasteiger partial charge in [0.25, 0.3) is 11.8 Å². The molecule has 3 rings (SSSR count). The lowest BCUT2D eigenvalue weighted by atomic mass is 9.89. The van der Waals surface area contributed by atoms with Crippen LogP contribution >= 0.6 is 0 Å². The van der Waals surface area contributed by atoms with Crippen molar-refractivity contribution in [1.29, 1.82) is 0 Å². The molecule has 0 saturated carbocycles. The summed E-state index contributed by atoms with van der Waals surface area (Å²) in [7, 11) is 3.15. The number of carbonyl (C=O) groups is 4. The van der Waals surface area contributed by atoms with E-state index in [0.29, 0.717) is 28.9 Å². The first-order valence-electron chi connectivity index (χ1n) is 12.5. The number of nitrogens with one attached hydrogen (secondary N) is 2. The van der Waals surface area contributed by atoms with Crippen LogP contribution in [0, 0.1) is 11.8 Å². The van der Waals surface area contributed by atoms with E-state index in [-0.39, 0.29) is 25.0 Å². The molecule has 0 saturated heterocycles. The molecule has 1 aromatic heterocycles. The van der Waals surface area contributed by atoms with E-state index < -0.39 is 29.7 Å². The van der Waals surface area contributed by atoms with Crippen molar-refractivity contribution in [3.8, 4) is 0 Å². The Hall–Kier alpha value is -4.21. The Labute approximate surface area is 222 Å². The van der Waals surface area contributed by atoms with Crippen LogP contribution in [-0.4, -0.2) is 70.3 Å². The summed E-state index contributed by atoms with van der Waals surface area (Å²) >= 11 is 0. The van der Waals surface area contributed by atoms with Crippen LogP contribution in [0.4, 0.5) is 0 Å². The third-order valence-corrected chi connectivity index (χ3v) is 7.08. The zero-order valence-electron chi connectivity index (χ0n) is 22.5. The number of aromatic nitrogens is 2. The van der Waals surface area contributed by atoms with Crippen LogP contribution in [0.3, 0.4) is 0 Å². The summed E-state index contributed by atoms with van der Waals surface area (Å²) in [5.41, 5.74) is 1.99. The van der Waals surface area contributed by atoms with E-state index in [1.807, 2.05) is 6.92 Å². The predicted molar refractivity (Wildman–Crippen MR) is 142 cm³/mol. The van der Waals surface area contributed by atoms with Gasteiger partial charge in [0.05, 0.1) is 29.4 Å². The Bertz CT molecular complexity index is 1200. The lowest BCUT2D eigenvalue weighted by Crippen LogP contribution is -2.50. The maximum absolute atomic E-state index is 13.7. The van der Waals surface area contributed by atoms with Crippen LogP contribution in [-0.2, 0) is 20.9 Å². The zero-order chi connectivity index (χ0) is 28.0. The summed E-state index contributed by atoms with van der Waals surface area (Å²) in [5, 5.41) is 9.36. The molecule has 1 aromatic carbocycles. The lowest BCUT2D eigenvalue weighted by Gasteiger charge is -2.35. The summed E-state index contributed by atoms with van der Waals surface area (Å²) in [6, 6.07) is 7.67. The van der Waals surface area contributed by atoms with E-state index in [1.54, 1.807) is 57.4 Å². The van der Waals surface area contributed by atoms with Gasteiger partial charge in [0.1, 0.15) is 12.4 Å². The Balaban J connectivity index is 1.97. The van der Waals surface area contributed by atoms with Crippen molar-refractivity contribution in [2.45, 2.75) is 39.8 Å². The van der Waals surface area contributed by atoms with E-state index in [4.69, 9.17) is 4.74 Å².